The van der Waals surface area contributed by atoms with Gasteiger partial charge in [0.25, 0.3) is 0 Å². The number of carbonyl (C=O) groups is 2. The molecule has 1 rings (SSSR count). The Hall–Kier alpha value is -0.940. The van der Waals surface area contributed by atoms with Crippen LogP contribution in [-0.4, -0.2) is 38.9 Å². The maximum absolute atomic E-state index is 11.2. The summed E-state index contributed by atoms with van der Waals surface area (Å²) in [5, 5.41) is 0. The van der Waals surface area contributed by atoms with Crippen LogP contribution in [0.3, 0.4) is 0 Å². The Kier molecular flexibility index (Phi) is 4.89. The normalized spacial score (nSPS) is 34.4. The molecule has 0 saturated carbocycles. The largest absolute Gasteiger partial charge is 0.469 e. The molecule has 5 nitrogen and oxygen atoms in total. The molecule has 1 saturated heterocycles. The second-order valence-electron chi connectivity index (χ2n) is 4.00. The van der Waals surface area contributed by atoms with Crippen molar-refractivity contribution in [3.05, 3.63) is 0 Å². The standard InChI is InChI=1S/C11H18O5/c1-7-9(6-12)8(4-10(13)14-2)5-11(15-3)16-7/h6-9,11H,4-5H2,1-3H3/t7-,8-,9-,11+/m0/s1. The molecular weight excluding hydrogens is 212 g/mol. The molecule has 16 heavy (non-hydrogen) atoms. The minimum absolute atomic E-state index is 0.0707. The van der Waals surface area contributed by atoms with Gasteiger partial charge in [0, 0.05) is 25.9 Å². The quantitative estimate of drug-likeness (QED) is 0.527. The second-order valence-corrected chi connectivity index (χ2v) is 4.00. The molecule has 0 amide bonds. The zero-order valence-electron chi connectivity index (χ0n) is 9.84. The van der Waals surface area contributed by atoms with E-state index in [1.54, 1.807) is 7.11 Å². The van der Waals surface area contributed by atoms with E-state index in [1.165, 1.54) is 7.11 Å². The molecule has 4 atom stereocenters. The average molecular weight is 230 g/mol. The first-order chi connectivity index (χ1) is 7.62. The zero-order chi connectivity index (χ0) is 12.1. The van der Waals surface area contributed by atoms with Crippen LogP contribution in [0.2, 0.25) is 0 Å². The highest BCUT2D eigenvalue weighted by Gasteiger charge is 2.37. The molecule has 0 aromatic rings. The van der Waals surface area contributed by atoms with Gasteiger partial charge in [0.2, 0.25) is 0 Å². The molecule has 0 aromatic heterocycles. The number of hydrogen-bond donors (Lipinski definition) is 0. The first kappa shape index (κ1) is 13.1. The van der Waals surface area contributed by atoms with E-state index in [0.717, 1.165) is 6.29 Å². The first-order valence-electron chi connectivity index (χ1n) is 5.32. The summed E-state index contributed by atoms with van der Waals surface area (Å²) in [6.45, 7) is 1.81. The lowest BCUT2D eigenvalue weighted by atomic mass is 9.82. The molecule has 1 fully saturated rings. The molecule has 0 aromatic carbocycles. The van der Waals surface area contributed by atoms with E-state index in [2.05, 4.69) is 4.74 Å². The summed E-state index contributed by atoms with van der Waals surface area (Å²) in [7, 11) is 2.89. The van der Waals surface area contributed by atoms with Crippen molar-refractivity contribution in [2.24, 2.45) is 11.8 Å². The van der Waals surface area contributed by atoms with Crippen LogP contribution in [0.1, 0.15) is 19.8 Å². The van der Waals surface area contributed by atoms with Crippen molar-refractivity contribution >= 4 is 12.3 Å². The number of hydrogen-bond acceptors (Lipinski definition) is 5. The number of ether oxygens (including phenoxy) is 3. The average Bonchev–Trinajstić information content (AvgIpc) is 2.28. The molecule has 92 valence electrons. The monoisotopic (exact) mass is 230 g/mol. The van der Waals surface area contributed by atoms with E-state index >= 15 is 0 Å². The molecule has 1 aliphatic heterocycles. The Labute approximate surface area is 95.0 Å². The fourth-order valence-electron chi connectivity index (χ4n) is 2.06. The highest BCUT2D eigenvalue weighted by atomic mass is 16.7. The second kappa shape index (κ2) is 5.96. The van der Waals surface area contributed by atoms with Gasteiger partial charge in [-0.25, -0.2) is 0 Å². The van der Waals surface area contributed by atoms with Crippen LogP contribution in [0, 0.1) is 11.8 Å². The molecular formula is C11H18O5. The molecule has 1 aliphatic rings. The van der Waals surface area contributed by atoms with E-state index in [1.807, 2.05) is 6.92 Å². The van der Waals surface area contributed by atoms with Gasteiger partial charge in [-0.3, -0.25) is 4.79 Å². The third kappa shape index (κ3) is 3.02. The van der Waals surface area contributed by atoms with Crippen LogP contribution < -0.4 is 0 Å². The number of rotatable bonds is 4. The van der Waals surface area contributed by atoms with Crippen LogP contribution in [-0.2, 0) is 23.8 Å². The number of methoxy groups -OCH3 is 2. The SMILES string of the molecule is COC(=O)C[C@H]1C[C@H](OC)O[C@@H](C)[C@@H]1C=O. The van der Waals surface area contributed by atoms with E-state index in [-0.39, 0.29) is 36.6 Å². The summed E-state index contributed by atoms with van der Waals surface area (Å²) in [4.78, 5) is 22.2. The Balaban J connectivity index is 2.67. The molecule has 0 radical (unpaired) electrons. The van der Waals surface area contributed by atoms with Gasteiger partial charge in [-0.05, 0) is 12.8 Å². The van der Waals surface area contributed by atoms with Crippen molar-refractivity contribution in [1.82, 2.24) is 0 Å². The summed E-state index contributed by atoms with van der Waals surface area (Å²) in [6, 6.07) is 0. The minimum Gasteiger partial charge on any atom is -0.469 e. The topological polar surface area (TPSA) is 61.8 Å². The predicted molar refractivity (Wildman–Crippen MR) is 55.6 cm³/mol. The molecule has 1 heterocycles. The van der Waals surface area contributed by atoms with Gasteiger partial charge < -0.3 is 19.0 Å². The summed E-state index contributed by atoms with van der Waals surface area (Å²) in [6.07, 6.45) is 1.04. The lowest BCUT2D eigenvalue weighted by Crippen LogP contribution is -2.42. The van der Waals surface area contributed by atoms with Crippen LogP contribution in [0.4, 0.5) is 0 Å². The maximum Gasteiger partial charge on any atom is 0.305 e. The lowest BCUT2D eigenvalue weighted by molar-refractivity contribution is -0.206. The minimum atomic E-state index is -0.346. The lowest BCUT2D eigenvalue weighted by Gasteiger charge is -2.36. The van der Waals surface area contributed by atoms with Gasteiger partial charge in [0.1, 0.15) is 6.29 Å². The van der Waals surface area contributed by atoms with Crippen molar-refractivity contribution < 1.29 is 23.8 Å². The number of carbonyl (C=O) groups excluding carboxylic acids is 2. The van der Waals surface area contributed by atoms with Crippen molar-refractivity contribution in [3.63, 3.8) is 0 Å². The number of esters is 1. The summed E-state index contributed by atoms with van der Waals surface area (Å²) >= 11 is 0. The zero-order valence-corrected chi connectivity index (χ0v) is 9.84. The Morgan fingerprint density at radius 2 is 2.19 bits per heavy atom. The molecule has 0 N–H and O–H groups in total. The van der Waals surface area contributed by atoms with Gasteiger partial charge >= 0.3 is 5.97 Å². The maximum atomic E-state index is 11.2. The third-order valence-electron chi connectivity index (χ3n) is 3.02. The van der Waals surface area contributed by atoms with Crippen molar-refractivity contribution in [3.8, 4) is 0 Å². The van der Waals surface area contributed by atoms with Crippen molar-refractivity contribution in [1.29, 1.82) is 0 Å². The van der Waals surface area contributed by atoms with E-state index in [0.29, 0.717) is 6.42 Å². The van der Waals surface area contributed by atoms with Gasteiger partial charge in [0.05, 0.1) is 13.2 Å². The summed E-state index contributed by atoms with van der Waals surface area (Å²) in [5.74, 6) is -0.648. The van der Waals surface area contributed by atoms with Crippen molar-refractivity contribution in [2.75, 3.05) is 14.2 Å². The van der Waals surface area contributed by atoms with Crippen LogP contribution >= 0.6 is 0 Å². The van der Waals surface area contributed by atoms with Gasteiger partial charge in [-0.2, -0.15) is 0 Å². The van der Waals surface area contributed by atoms with Gasteiger partial charge in [-0.1, -0.05) is 0 Å². The van der Waals surface area contributed by atoms with E-state index in [4.69, 9.17) is 9.47 Å². The van der Waals surface area contributed by atoms with Crippen LogP contribution in [0.15, 0.2) is 0 Å². The van der Waals surface area contributed by atoms with Crippen LogP contribution in [0.5, 0.6) is 0 Å². The molecule has 0 unspecified atom stereocenters. The fraction of sp³-hybridized carbons (Fsp3) is 0.818. The Morgan fingerprint density at radius 1 is 1.50 bits per heavy atom. The Morgan fingerprint density at radius 3 is 2.69 bits per heavy atom. The Bertz CT molecular complexity index is 253. The first-order valence-corrected chi connectivity index (χ1v) is 5.32. The predicted octanol–water partition coefficient (Wildman–Crippen LogP) is 0.762. The van der Waals surface area contributed by atoms with Crippen molar-refractivity contribution in [2.45, 2.75) is 32.2 Å². The molecule has 0 spiro atoms. The molecule has 0 aliphatic carbocycles. The van der Waals surface area contributed by atoms with E-state index < -0.39 is 0 Å². The third-order valence-corrected chi connectivity index (χ3v) is 3.02. The smallest absolute Gasteiger partial charge is 0.305 e. The van der Waals surface area contributed by atoms with Crippen LogP contribution in [0.25, 0.3) is 0 Å². The summed E-state index contributed by atoms with van der Waals surface area (Å²) in [5.41, 5.74) is 0. The fourth-order valence-corrected chi connectivity index (χ4v) is 2.06. The molecule has 0 bridgehead atoms. The van der Waals surface area contributed by atoms with Gasteiger partial charge in [0.15, 0.2) is 6.29 Å². The van der Waals surface area contributed by atoms with E-state index in [9.17, 15) is 9.59 Å². The molecule has 5 heteroatoms. The number of aldehydes is 1. The highest BCUT2D eigenvalue weighted by Crippen LogP contribution is 2.32. The van der Waals surface area contributed by atoms with Gasteiger partial charge in [-0.15, -0.1) is 0 Å². The highest BCUT2D eigenvalue weighted by molar-refractivity contribution is 5.70. The summed E-state index contributed by atoms with van der Waals surface area (Å²) < 4.78 is 15.2.